The van der Waals surface area contributed by atoms with Crippen LogP contribution in [-0.2, 0) is 39.7 Å². The summed E-state index contributed by atoms with van der Waals surface area (Å²) in [5.74, 6) is -0.436. The molecule has 0 bridgehead atoms. The van der Waals surface area contributed by atoms with Crippen molar-refractivity contribution in [2.45, 2.75) is 93.5 Å². The second kappa shape index (κ2) is 13.1. The highest BCUT2D eigenvalue weighted by atomic mass is 32.2. The summed E-state index contributed by atoms with van der Waals surface area (Å²) in [7, 11) is -2.39. The second-order valence-electron chi connectivity index (χ2n) is 12.6. The van der Waals surface area contributed by atoms with Crippen molar-refractivity contribution in [3.63, 3.8) is 0 Å². The monoisotopic (exact) mass is 636 g/mol. The van der Waals surface area contributed by atoms with Crippen molar-refractivity contribution < 1.29 is 26.9 Å². The SMILES string of the molecule is CC(C)(C)[S+]([O-])NCc1cc(-c2ccccc2)cc(C(F)(F)F)c1Sc1ncccc1CC(=O)O[Si](C)(C)C(C)(C)C. The molecule has 0 aliphatic carbocycles. The fourth-order valence-corrected chi connectivity index (χ4v) is 6.48. The van der Waals surface area contributed by atoms with Gasteiger partial charge in [-0.3, -0.25) is 4.79 Å². The molecule has 11 heteroatoms. The van der Waals surface area contributed by atoms with E-state index in [0.717, 1.165) is 17.8 Å². The zero-order valence-electron chi connectivity index (χ0n) is 25.3. The predicted molar refractivity (Wildman–Crippen MR) is 167 cm³/mol. The molecular weight excluding hydrogens is 598 g/mol. The van der Waals surface area contributed by atoms with Crippen LogP contribution in [0.25, 0.3) is 11.1 Å². The van der Waals surface area contributed by atoms with Crippen molar-refractivity contribution in [2.75, 3.05) is 0 Å². The first-order chi connectivity index (χ1) is 19.3. The number of benzene rings is 2. The number of rotatable bonds is 9. The molecule has 5 nitrogen and oxygen atoms in total. The Bertz CT molecular complexity index is 1390. The molecule has 0 aliphatic rings. The number of carbonyl (C=O) groups is 1. The molecule has 0 aliphatic heterocycles. The lowest BCUT2D eigenvalue weighted by molar-refractivity contribution is -0.140. The zero-order valence-corrected chi connectivity index (χ0v) is 27.9. The van der Waals surface area contributed by atoms with Crippen molar-refractivity contribution in [3.05, 3.63) is 77.5 Å². The van der Waals surface area contributed by atoms with Crippen molar-refractivity contribution in [3.8, 4) is 11.1 Å². The van der Waals surface area contributed by atoms with Gasteiger partial charge < -0.3 is 8.98 Å². The topological polar surface area (TPSA) is 74.3 Å². The van der Waals surface area contributed by atoms with Crippen molar-refractivity contribution in [1.29, 1.82) is 0 Å². The summed E-state index contributed by atoms with van der Waals surface area (Å²) in [6.45, 7) is 15.3. The van der Waals surface area contributed by atoms with E-state index in [0.29, 0.717) is 22.3 Å². The molecule has 42 heavy (non-hydrogen) atoms. The van der Waals surface area contributed by atoms with E-state index in [1.165, 1.54) is 6.20 Å². The van der Waals surface area contributed by atoms with Gasteiger partial charge in [-0.05, 0) is 79.4 Å². The van der Waals surface area contributed by atoms with Crippen LogP contribution in [0.3, 0.4) is 0 Å². The summed E-state index contributed by atoms with van der Waals surface area (Å²) < 4.78 is 64.9. The molecule has 0 amide bonds. The molecular formula is C31H39F3N2O3S2Si. The summed E-state index contributed by atoms with van der Waals surface area (Å²) in [4.78, 5) is 17.3. The minimum Gasteiger partial charge on any atom is -0.598 e. The number of pyridine rings is 1. The largest absolute Gasteiger partial charge is 0.598 e. The Labute approximate surface area is 255 Å². The number of nitrogens with zero attached hydrogens (tertiary/aromatic N) is 1. The van der Waals surface area contributed by atoms with Crippen LogP contribution in [0.1, 0.15) is 58.2 Å². The lowest BCUT2D eigenvalue weighted by atomic mass is 9.99. The number of nitrogens with one attached hydrogen (secondary N) is 1. The summed E-state index contributed by atoms with van der Waals surface area (Å²) in [5.41, 5.74) is 0.998. The smallest absolute Gasteiger partial charge is 0.417 e. The highest BCUT2D eigenvalue weighted by Crippen LogP contribution is 2.44. The number of carbonyl (C=O) groups excluding carboxylic acids is 1. The maximum atomic E-state index is 14.6. The molecule has 2 aromatic carbocycles. The van der Waals surface area contributed by atoms with Crippen molar-refractivity contribution in [1.82, 2.24) is 9.71 Å². The van der Waals surface area contributed by atoms with Gasteiger partial charge in [-0.2, -0.15) is 13.2 Å². The van der Waals surface area contributed by atoms with Crippen molar-refractivity contribution >= 4 is 37.4 Å². The first-order valence-corrected chi connectivity index (χ1v) is 18.5. The van der Waals surface area contributed by atoms with Gasteiger partial charge in [0.15, 0.2) is 0 Å². The third kappa shape index (κ3) is 8.85. The van der Waals surface area contributed by atoms with Gasteiger partial charge in [0, 0.05) is 22.5 Å². The van der Waals surface area contributed by atoms with Crippen LogP contribution in [0, 0.1) is 0 Å². The number of hydrogen-bond acceptors (Lipinski definition) is 6. The predicted octanol–water partition coefficient (Wildman–Crippen LogP) is 8.56. The summed E-state index contributed by atoms with van der Waals surface area (Å²) in [6.07, 6.45) is -3.31. The minimum absolute atomic E-state index is 0.0571. The average Bonchev–Trinajstić information content (AvgIpc) is 2.87. The molecule has 228 valence electrons. The lowest BCUT2D eigenvalue weighted by Crippen LogP contribution is -2.43. The first-order valence-electron chi connectivity index (χ1n) is 13.6. The van der Waals surface area contributed by atoms with E-state index in [1.54, 1.807) is 69.3 Å². The Kier molecular flexibility index (Phi) is 10.7. The van der Waals surface area contributed by atoms with Gasteiger partial charge in [0.2, 0.25) is 0 Å². The van der Waals surface area contributed by atoms with Crippen LogP contribution >= 0.6 is 11.8 Å². The molecule has 3 aromatic rings. The van der Waals surface area contributed by atoms with E-state index < -0.39 is 42.1 Å². The standard InChI is InChI=1S/C31H39F3N2O3S2Si/c1-29(2,3)41(38)36-20-24-17-23(21-13-10-9-11-14-21)18-25(31(32,33)34)27(24)40-28-22(15-12-16-35-28)19-26(37)39-42(7,8)30(4,5)6/h9-18,36H,19-20H2,1-8H3. The Hall–Kier alpha value is -2.31. The molecule has 1 heterocycles. The number of halogens is 3. The van der Waals surface area contributed by atoms with Gasteiger partial charge in [0.25, 0.3) is 14.3 Å². The van der Waals surface area contributed by atoms with Gasteiger partial charge >= 0.3 is 6.18 Å². The van der Waals surface area contributed by atoms with E-state index in [4.69, 9.17) is 4.43 Å². The van der Waals surface area contributed by atoms with Crippen LogP contribution in [0.15, 0.2) is 70.7 Å². The van der Waals surface area contributed by atoms with E-state index in [2.05, 4.69) is 9.71 Å². The molecule has 0 saturated carbocycles. The summed E-state index contributed by atoms with van der Waals surface area (Å²) in [6, 6.07) is 15.0. The fraction of sp³-hybridized carbons (Fsp3) is 0.419. The van der Waals surface area contributed by atoms with Gasteiger partial charge in [-0.15, -0.1) is 4.72 Å². The van der Waals surface area contributed by atoms with Gasteiger partial charge in [-0.1, -0.05) is 68.9 Å². The molecule has 1 aromatic heterocycles. The molecule has 1 N–H and O–H groups in total. The normalized spacial score (nSPS) is 13.6. The quantitative estimate of drug-likeness (QED) is 0.187. The molecule has 1 unspecified atom stereocenters. The third-order valence-corrected chi connectivity index (χ3v) is 14.2. The fourth-order valence-electron chi connectivity index (χ4n) is 3.68. The first kappa shape index (κ1) is 34.2. The van der Waals surface area contributed by atoms with Crippen LogP contribution in [0.5, 0.6) is 0 Å². The van der Waals surface area contributed by atoms with Crippen LogP contribution < -0.4 is 4.72 Å². The van der Waals surface area contributed by atoms with Crippen LogP contribution in [0.4, 0.5) is 13.2 Å². The van der Waals surface area contributed by atoms with E-state index in [-0.39, 0.29) is 27.9 Å². The lowest BCUT2D eigenvalue weighted by Gasteiger charge is -2.35. The Morgan fingerprint density at radius 2 is 1.62 bits per heavy atom. The molecule has 1 atom stereocenters. The summed E-state index contributed by atoms with van der Waals surface area (Å²) >= 11 is -0.658. The second-order valence-corrected chi connectivity index (χ2v) is 20.3. The summed E-state index contributed by atoms with van der Waals surface area (Å²) in [5, 5.41) is 0.0904. The van der Waals surface area contributed by atoms with E-state index in [9.17, 15) is 22.5 Å². The van der Waals surface area contributed by atoms with Crippen molar-refractivity contribution in [2.24, 2.45) is 0 Å². The third-order valence-electron chi connectivity index (χ3n) is 7.09. The van der Waals surface area contributed by atoms with Gasteiger partial charge in [0.1, 0.15) is 9.77 Å². The van der Waals surface area contributed by atoms with Crippen LogP contribution in [-0.4, -0.2) is 28.6 Å². The highest BCUT2D eigenvalue weighted by molar-refractivity contribution is 7.99. The minimum atomic E-state index is -4.68. The molecule has 0 radical (unpaired) electrons. The number of hydrogen-bond donors (Lipinski definition) is 1. The Balaban J connectivity index is 2.09. The molecule has 0 spiro atoms. The molecule has 3 rings (SSSR count). The molecule has 0 saturated heterocycles. The maximum Gasteiger partial charge on any atom is 0.417 e. The zero-order chi connectivity index (χ0) is 31.5. The maximum absolute atomic E-state index is 14.6. The van der Waals surface area contributed by atoms with Gasteiger partial charge in [0.05, 0.1) is 18.5 Å². The van der Waals surface area contributed by atoms with E-state index in [1.807, 2.05) is 33.9 Å². The molecule has 0 fully saturated rings. The number of alkyl halides is 3. The van der Waals surface area contributed by atoms with Crippen LogP contribution in [0.2, 0.25) is 18.1 Å². The number of aromatic nitrogens is 1. The Morgan fingerprint density at radius 3 is 2.19 bits per heavy atom. The van der Waals surface area contributed by atoms with E-state index >= 15 is 0 Å². The average molecular weight is 637 g/mol. The highest BCUT2D eigenvalue weighted by Gasteiger charge is 2.41. The van der Waals surface area contributed by atoms with Gasteiger partial charge in [-0.25, -0.2) is 4.98 Å². The Morgan fingerprint density at radius 1 is 0.976 bits per heavy atom.